The number of halogens is 1. The molecule has 4 atom stereocenters. The van der Waals surface area contributed by atoms with Crippen LogP contribution in [0.3, 0.4) is 0 Å². The average molecular weight is 744 g/mol. The van der Waals surface area contributed by atoms with E-state index in [-0.39, 0.29) is 29.7 Å². The number of aromatic hydroxyl groups is 1. The zero-order chi connectivity index (χ0) is 37.8. The number of nitrogens with two attached hydrogens (primary N) is 1. The molecule has 8 N–H and O–H groups in total. The summed E-state index contributed by atoms with van der Waals surface area (Å²) in [5.41, 5.74) is 3.14. The Kier molecular flexibility index (Phi) is 10.6. The highest BCUT2D eigenvalue weighted by molar-refractivity contribution is 7.85. The number of likely N-dealkylation sites (tertiary alicyclic amines) is 1. The van der Waals surface area contributed by atoms with Gasteiger partial charge in [-0.15, -0.1) is 0 Å². The van der Waals surface area contributed by atoms with Crippen LogP contribution < -0.4 is 5.73 Å². The van der Waals surface area contributed by atoms with E-state index in [9.17, 15) is 56.0 Å². The lowest BCUT2D eigenvalue weighted by molar-refractivity contribution is -0.153. The minimum Gasteiger partial charge on any atom is -0.508 e. The van der Waals surface area contributed by atoms with Crippen molar-refractivity contribution in [2.45, 2.75) is 37.2 Å². The number of rotatable bonds is 4. The summed E-state index contributed by atoms with van der Waals surface area (Å²) in [6.45, 7) is 1.18. The Bertz CT molecular complexity index is 2010. The van der Waals surface area contributed by atoms with Crippen LogP contribution in [0.15, 0.2) is 41.2 Å². The molecule has 0 aromatic heterocycles. The third-order valence-electron chi connectivity index (χ3n) is 8.91. The van der Waals surface area contributed by atoms with Crippen LogP contribution in [-0.2, 0) is 47.6 Å². The number of aliphatic hydroxyl groups is 3. The summed E-state index contributed by atoms with van der Waals surface area (Å²) in [5.74, 6) is -6.73. The lowest BCUT2D eigenvalue weighted by Crippen LogP contribution is -2.65. The Morgan fingerprint density at radius 1 is 1.04 bits per heavy atom. The summed E-state index contributed by atoms with van der Waals surface area (Å²) < 4.78 is 65.0. The molecule has 2 fully saturated rings. The fraction of sp³-hybridized carbons (Fsp3) is 0.452. The van der Waals surface area contributed by atoms with Gasteiger partial charge < -0.3 is 26.2 Å². The fourth-order valence-electron chi connectivity index (χ4n) is 7.05. The molecule has 1 heterocycles. The molecule has 1 saturated carbocycles. The number of hydrogen-bond acceptors (Lipinski definition) is 13. The highest BCUT2D eigenvalue weighted by atomic mass is 32.2. The molecule has 0 unspecified atom stereocenters. The third kappa shape index (κ3) is 7.68. The maximum Gasteiger partial charge on any atom is 0.261 e. The van der Waals surface area contributed by atoms with Crippen molar-refractivity contribution in [2.75, 3.05) is 39.7 Å². The number of benzene rings is 2. The van der Waals surface area contributed by atoms with Crippen LogP contribution >= 0.6 is 0 Å². The van der Waals surface area contributed by atoms with E-state index in [2.05, 4.69) is 0 Å². The topological polar surface area (TPSA) is 273 Å². The van der Waals surface area contributed by atoms with E-state index < -0.39 is 84.5 Å². The molecule has 2 aromatic rings. The van der Waals surface area contributed by atoms with Crippen LogP contribution in [0, 0.1) is 11.8 Å². The smallest absolute Gasteiger partial charge is 0.261 e. The maximum absolute atomic E-state index is 13.9. The molecule has 274 valence electrons. The SMILES string of the molecule is CN(C)[C@@H]1C(=O)C(C(N)=O)=C(O)[C@@]2(O)C(=O)C3=C(O)c4c(cc5ccc(CN6CC(F)C6)cc5c4O)C[C@H]3C[C@@H]12.CS(=O)(=O)O.CS(=O)(=O)O. The minimum atomic E-state index is -3.67. The number of phenols is 1. The van der Waals surface area contributed by atoms with E-state index in [1.165, 1.54) is 4.90 Å². The van der Waals surface area contributed by atoms with Gasteiger partial charge in [0.15, 0.2) is 11.4 Å². The van der Waals surface area contributed by atoms with Crippen molar-refractivity contribution in [1.82, 2.24) is 9.80 Å². The van der Waals surface area contributed by atoms with E-state index in [0.29, 0.717) is 48.5 Å². The number of alkyl halides is 1. The predicted molar refractivity (Wildman–Crippen MR) is 177 cm³/mol. The lowest BCUT2D eigenvalue weighted by atomic mass is 9.57. The van der Waals surface area contributed by atoms with Crippen molar-refractivity contribution in [3.05, 3.63) is 57.9 Å². The van der Waals surface area contributed by atoms with Crippen molar-refractivity contribution in [3.8, 4) is 5.75 Å². The van der Waals surface area contributed by atoms with Crippen molar-refractivity contribution in [3.63, 3.8) is 0 Å². The minimum absolute atomic E-state index is 0.0366. The van der Waals surface area contributed by atoms with Gasteiger partial charge >= 0.3 is 0 Å². The molecule has 0 radical (unpaired) electrons. The van der Waals surface area contributed by atoms with Crippen molar-refractivity contribution in [2.24, 2.45) is 17.6 Å². The Morgan fingerprint density at radius 3 is 2.10 bits per heavy atom. The highest BCUT2D eigenvalue weighted by Crippen LogP contribution is 2.53. The van der Waals surface area contributed by atoms with Gasteiger partial charge in [-0.2, -0.15) is 16.8 Å². The van der Waals surface area contributed by atoms with Gasteiger partial charge in [0.25, 0.3) is 26.1 Å². The van der Waals surface area contributed by atoms with Crippen molar-refractivity contribution < 1.29 is 65.1 Å². The van der Waals surface area contributed by atoms with E-state index in [0.717, 1.165) is 5.56 Å². The van der Waals surface area contributed by atoms with Crippen LogP contribution in [-0.4, -0.2) is 131 Å². The number of ketones is 2. The number of fused-ring (bicyclic) bond motifs is 4. The van der Waals surface area contributed by atoms with Gasteiger partial charge in [0, 0.05) is 36.5 Å². The van der Waals surface area contributed by atoms with Crippen LogP contribution in [0.5, 0.6) is 5.75 Å². The van der Waals surface area contributed by atoms with Gasteiger partial charge in [-0.25, -0.2) is 4.39 Å². The molecule has 6 rings (SSSR count). The number of primary amides is 1. The van der Waals surface area contributed by atoms with E-state index in [4.69, 9.17) is 14.8 Å². The molecule has 1 aliphatic heterocycles. The number of hydrogen-bond donors (Lipinski definition) is 7. The summed E-state index contributed by atoms with van der Waals surface area (Å²) in [6, 6.07) is 6.20. The molecule has 1 saturated heterocycles. The molecule has 0 bridgehead atoms. The number of amides is 1. The van der Waals surface area contributed by atoms with Crippen LogP contribution in [0.4, 0.5) is 4.39 Å². The average Bonchev–Trinajstić information content (AvgIpc) is 2.92. The van der Waals surface area contributed by atoms with E-state index in [1.54, 1.807) is 20.2 Å². The van der Waals surface area contributed by atoms with E-state index in [1.807, 2.05) is 23.1 Å². The molecule has 50 heavy (non-hydrogen) atoms. The molecule has 3 aliphatic carbocycles. The molecule has 16 nitrogen and oxygen atoms in total. The summed E-state index contributed by atoms with van der Waals surface area (Å²) in [6.07, 6.45) is 0.851. The number of carbonyl (C=O) groups excluding carboxylic acids is 3. The van der Waals surface area contributed by atoms with Crippen LogP contribution in [0.25, 0.3) is 16.5 Å². The second kappa shape index (κ2) is 13.6. The number of nitrogens with zero attached hydrogens (tertiary/aromatic N) is 2. The number of aliphatic hydroxyl groups excluding tert-OH is 2. The Morgan fingerprint density at radius 2 is 1.60 bits per heavy atom. The van der Waals surface area contributed by atoms with Crippen LogP contribution in [0.2, 0.25) is 0 Å². The van der Waals surface area contributed by atoms with Crippen LogP contribution in [0.1, 0.15) is 23.1 Å². The molecule has 2 aromatic carbocycles. The molecule has 1 amide bonds. The Labute approximate surface area is 286 Å². The molecule has 4 aliphatic rings. The molecular weight excluding hydrogens is 705 g/mol. The number of Topliss-reactive ketones (excluding diaryl/α,β-unsaturated/α-hetero) is 2. The fourth-order valence-corrected chi connectivity index (χ4v) is 7.05. The highest BCUT2D eigenvalue weighted by Gasteiger charge is 2.64. The predicted octanol–water partition coefficient (Wildman–Crippen LogP) is 0.279. The normalized spacial score (nSPS) is 25.5. The number of likely N-dealkylation sites (N-methyl/N-ethyl adjacent to an activating group) is 1. The van der Waals surface area contributed by atoms with Gasteiger partial charge in [-0.1, -0.05) is 18.2 Å². The summed E-state index contributed by atoms with van der Waals surface area (Å²) in [7, 11) is -4.21. The summed E-state index contributed by atoms with van der Waals surface area (Å²) in [5, 5.41) is 46.5. The lowest BCUT2D eigenvalue weighted by Gasteiger charge is -2.50. The zero-order valence-corrected chi connectivity index (χ0v) is 29.0. The number of phenolic OH excluding ortho intramolecular Hbond substituents is 1. The van der Waals surface area contributed by atoms with Gasteiger partial charge in [0.05, 0.1) is 24.1 Å². The van der Waals surface area contributed by atoms with Crippen molar-refractivity contribution >= 4 is 54.2 Å². The monoisotopic (exact) mass is 743 g/mol. The van der Waals surface area contributed by atoms with Crippen molar-refractivity contribution in [1.29, 1.82) is 0 Å². The van der Waals surface area contributed by atoms with Gasteiger partial charge in [-0.05, 0) is 55.4 Å². The molecular formula is C31H38FN3O13S2. The largest absolute Gasteiger partial charge is 0.508 e. The Hall–Kier alpha value is -3.98. The first-order valence-corrected chi connectivity index (χ1v) is 18.7. The number of carbonyl (C=O) groups is 3. The quantitative estimate of drug-likeness (QED) is 0.164. The summed E-state index contributed by atoms with van der Waals surface area (Å²) in [4.78, 5) is 42.6. The van der Waals surface area contributed by atoms with Gasteiger partial charge in [0.2, 0.25) is 5.78 Å². The second-order valence-electron chi connectivity index (χ2n) is 13.0. The zero-order valence-electron chi connectivity index (χ0n) is 27.4. The third-order valence-corrected chi connectivity index (χ3v) is 8.91. The standard InChI is InChI=1S/C29H30FN3O7.2CH4O3S/c1-32(2)22-18-8-15-7-14-6-13-4-3-12(9-33-10-16(30)11-33)5-17(13)23(34)19(14)24(35)20(15)26(37)29(18,40)27(38)21(25(22)36)28(31)39;2*1-5(2,3)4/h3-6,15-16,18,22,34-35,38,40H,7-11H2,1-2H3,(H2,31,39);2*1H3,(H,2,3,4)/t15-,18-,22-,29-;;/m0../s1. The maximum atomic E-state index is 13.9. The first kappa shape index (κ1) is 38.8. The second-order valence-corrected chi connectivity index (χ2v) is 16.0. The van der Waals surface area contributed by atoms with Gasteiger partial charge in [0.1, 0.15) is 29.0 Å². The first-order valence-electron chi connectivity index (χ1n) is 15.0. The van der Waals surface area contributed by atoms with Gasteiger partial charge in [-0.3, -0.25) is 33.3 Å². The first-order chi connectivity index (χ1) is 22.8. The molecule has 19 heteroatoms. The summed E-state index contributed by atoms with van der Waals surface area (Å²) >= 11 is 0. The van der Waals surface area contributed by atoms with E-state index >= 15 is 0 Å². The molecule has 0 spiro atoms. The Balaban J connectivity index is 0.000000496.